The standard InChI is InChI=1S/C30H33NO8S/c1-21(20-40(37,38)16-8-11-22-9-3-2-4-10-22)30(36)31-26(18-28(33)34)27(32)19-39-29(35)17-24-14-7-13-23-12-5-6-15-25(23)24/h2-7,9-10,12-15,21,26H,8,11,16-20H2,1H3,(H,31,36)(H,33,34). The molecule has 0 fully saturated rings. The first-order valence-electron chi connectivity index (χ1n) is 13.0. The number of rotatable bonds is 15. The zero-order chi connectivity index (χ0) is 29.1. The molecule has 0 saturated carbocycles. The Morgan fingerprint density at radius 3 is 2.33 bits per heavy atom. The number of aryl methyl sites for hydroxylation is 1. The van der Waals surface area contributed by atoms with Crippen molar-refractivity contribution in [1.29, 1.82) is 0 Å². The molecule has 40 heavy (non-hydrogen) atoms. The molecule has 0 bridgehead atoms. The number of ketones is 1. The number of carboxylic acid groups (broad SMARTS) is 1. The van der Waals surface area contributed by atoms with Crippen LogP contribution >= 0.6 is 0 Å². The van der Waals surface area contributed by atoms with Crippen LogP contribution in [0.2, 0.25) is 0 Å². The number of carbonyl (C=O) groups excluding carboxylic acids is 3. The highest BCUT2D eigenvalue weighted by molar-refractivity contribution is 7.91. The van der Waals surface area contributed by atoms with E-state index in [2.05, 4.69) is 5.32 Å². The van der Waals surface area contributed by atoms with Gasteiger partial charge in [-0.15, -0.1) is 0 Å². The van der Waals surface area contributed by atoms with Crippen LogP contribution in [0.4, 0.5) is 0 Å². The molecule has 212 valence electrons. The van der Waals surface area contributed by atoms with Crippen LogP contribution in [0.15, 0.2) is 72.8 Å². The van der Waals surface area contributed by atoms with Gasteiger partial charge in [-0.25, -0.2) is 8.42 Å². The highest BCUT2D eigenvalue weighted by Crippen LogP contribution is 2.19. The summed E-state index contributed by atoms with van der Waals surface area (Å²) in [7, 11) is -3.57. The summed E-state index contributed by atoms with van der Waals surface area (Å²) in [5.41, 5.74) is 1.72. The lowest BCUT2D eigenvalue weighted by Gasteiger charge is -2.19. The summed E-state index contributed by atoms with van der Waals surface area (Å²) in [6, 6.07) is 20.9. The molecule has 3 aromatic rings. The number of benzene rings is 3. The smallest absolute Gasteiger partial charge is 0.310 e. The van der Waals surface area contributed by atoms with Crippen molar-refractivity contribution in [1.82, 2.24) is 5.32 Å². The van der Waals surface area contributed by atoms with Crippen molar-refractivity contribution in [3.8, 4) is 0 Å². The molecular formula is C30H33NO8S. The summed E-state index contributed by atoms with van der Waals surface area (Å²) in [5.74, 6) is -5.17. The molecule has 0 aliphatic rings. The van der Waals surface area contributed by atoms with Gasteiger partial charge in [0.2, 0.25) is 5.91 Å². The minimum Gasteiger partial charge on any atom is -0.481 e. The number of fused-ring (bicyclic) bond motifs is 1. The lowest BCUT2D eigenvalue weighted by atomic mass is 10.0. The van der Waals surface area contributed by atoms with Crippen LogP contribution in [0, 0.1) is 5.92 Å². The minimum absolute atomic E-state index is 0.0935. The third kappa shape index (κ3) is 9.60. The number of ether oxygens (including phenoxy) is 1. The van der Waals surface area contributed by atoms with Crippen molar-refractivity contribution >= 4 is 44.2 Å². The Balaban J connectivity index is 1.52. The normalized spacial score (nSPS) is 12.8. The van der Waals surface area contributed by atoms with Gasteiger partial charge in [-0.2, -0.15) is 0 Å². The van der Waals surface area contributed by atoms with Crippen LogP contribution in [0.3, 0.4) is 0 Å². The lowest BCUT2D eigenvalue weighted by molar-refractivity contribution is -0.148. The zero-order valence-corrected chi connectivity index (χ0v) is 23.1. The molecule has 0 aromatic heterocycles. The van der Waals surface area contributed by atoms with E-state index in [1.165, 1.54) is 6.92 Å². The summed E-state index contributed by atoms with van der Waals surface area (Å²) in [4.78, 5) is 49.1. The van der Waals surface area contributed by atoms with Crippen LogP contribution in [0.5, 0.6) is 0 Å². The summed E-state index contributed by atoms with van der Waals surface area (Å²) >= 11 is 0. The number of sulfone groups is 1. The van der Waals surface area contributed by atoms with Crippen molar-refractivity contribution in [2.45, 2.75) is 38.6 Å². The molecule has 0 aliphatic carbocycles. The largest absolute Gasteiger partial charge is 0.481 e. The van der Waals surface area contributed by atoms with Gasteiger partial charge in [0.25, 0.3) is 0 Å². The lowest BCUT2D eigenvalue weighted by Crippen LogP contribution is -2.47. The van der Waals surface area contributed by atoms with E-state index >= 15 is 0 Å². The van der Waals surface area contributed by atoms with Gasteiger partial charge in [0.1, 0.15) is 6.04 Å². The maximum atomic E-state index is 12.7. The maximum Gasteiger partial charge on any atom is 0.310 e. The SMILES string of the molecule is CC(CS(=O)(=O)CCCc1ccccc1)C(=O)NC(CC(=O)O)C(=O)COC(=O)Cc1cccc2ccccc12. The highest BCUT2D eigenvalue weighted by Gasteiger charge is 2.28. The average molecular weight is 568 g/mol. The summed E-state index contributed by atoms with van der Waals surface area (Å²) in [6.07, 6.45) is 0.145. The summed E-state index contributed by atoms with van der Waals surface area (Å²) in [6.45, 7) is 0.671. The van der Waals surface area contributed by atoms with E-state index in [9.17, 15) is 32.7 Å². The molecule has 0 radical (unpaired) electrons. The second-order valence-corrected chi connectivity index (χ2v) is 11.9. The van der Waals surface area contributed by atoms with Crippen molar-refractivity contribution < 1.29 is 37.4 Å². The number of carboxylic acids is 1. The zero-order valence-electron chi connectivity index (χ0n) is 22.2. The van der Waals surface area contributed by atoms with E-state index in [0.29, 0.717) is 18.4 Å². The monoisotopic (exact) mass is 567 g/mol. The van der Waals surface area contributed by atoms with E-state index in [1.807, 2.05) is 60.7 Å². The Morgan fingerprint density at radius 2 is 1.60 bits per heavy atom. The predicted octanol–water partition coefficient (Wildman–Crippen LogP) is 3.14. The highest BCUT2D eigenvalue weighted by atomic mass is 32.2. The molecule has 9 nitrogen and oxygen atoms in total. The fourth-order valence-electron chi connectivity index (χ4n) is 4.32. The van der Waals surface area contributed by atoms with E-state index < -0.39 is 64.2 Å². The van der Waals surface area contributed by atoms with Gasteiger partial charge < -0.3 is 15.2 Å². The Labute approximate surface area is 233 Å². The predicted molar refractivity (Wildman–Crippen MR) is 150 cm³/mol. The number of Topliss-reactive ketones (excluding diaryl/α,β-unsaturated/α-hetero) is 1. The third-order valence-electron chi connectivity index (χ3n) is 6.39. The number of aliphatic carboxylic acids is 1. The van der Waals surface area contributed by atoms with Crippen molar-refractivity contribution in [2.75, 3.05) is 18.1 Å². The van der Waals surface area contributed by atoms with Crippen LogP contribution in [-0.4, -0.2) is 61.3 Å². The number of hydrogen-bond donors (Lipinski definition) is 2. The third-order valence-corrected chi connectivity index (χ3v) is 8.31. The molecule has 3 rings (SSSR count). The van der Waals surface area contributed by atoms with E-state index in [4.69, 9.17) is 4.74 Å². The number of hydrogen-bond acceptors (Lipinski definition) is 7. The maximum absolute atomic E-state index is 12.7. The van der Waals surface area contributed by atoms with Crippen molar-refractivity contribution in [2.24, 2.45) is 5.92 Å². The van der Waals surface area contributed by atoms with Gasteiger partial charge in [-0.1, -0.05) is 79.7 Å². The average Bonchev–Trinajstić information content (AvgIpc) is 2.91. The first kappa shape index (κ1) is 30.5. The molecule has 2 N–H and O–H groups in total. The Kier molecular flexibility index (Phi) is 11.0. The Bertz CT molecular complexity index is 1450. The quantitative estimate of drug-likeness (QED) is 0.267. The fourth-order valence-corrected chi connectivity index (χ4v) is 5.98. The second-order valence-electron chi connectivity index (χ2n) is 9.71. The van der Waals surface area contributed by atoms with Crippen molar-refractivity contribution in [3.63, 3.8) is 0 Å². The van der Waals surface area contributed by atoms with E-state index in [0.717, 1.165) is 16.3 Å². The number of amides is 1. The van der Waals surface area contributed by atoms with Crippen LogP contribution in [-0.2, 0) is 46.6 Å². The summed E-state index contributed by atoms with van der Waals surface area (Å²) < 4.78 is 30.2. The molecule has 2 unspecified atom stereocenters. The van der Waals surface area contributed by atoms with E-state index in [-0.39, 0.29) is 12.2 Å². The topological polar surface area (TPSA) is 144 Å². The first-order valence-corrected chi connectivity index (χ1v) is 14.8. The first-order chi connectivity index (χ1) is 19.0. The number of carbonyl (C=O) groups is 4. The van der Waals surface area contributed by atoms with E-state index in [1.54, 1.807) is 12.1 Å². The van der Waals surface area contributed by atoms with Gasteiger partial charge in [0.15, 0.2) is 22.2 Å². The molecule has 0 spiro atoms. The van der Waals surface area contributed by atoms with Gasteiger partial charge >= 0.3 is 11.9 Å². The molecule has 2 atom stereocenters. The number of esters is 1. The molecular weight excluding hydrogens is 534 g/mol. The summed E-state index contributed by atoms with van der Waals surface area (Å²) in [5, 5.41) is 13.4. The molecule has 10 heteroatoms. The van der Waals surface area contributed by atoms with Gasteiger partial charge in [-0.05, 0) is 34.7 Å². The van der Waals surface area contributed by atoms with Gasteiger partial charge in [-0.3, -0.25) is 19.2 Å². The molecule has 0 heterocycles. The number of nitrogens with one attached hydrogen (secondary N) is 1. The Morgan fingerprint density at radius 1 is 0.925 bits per heavy atom. The molecule has 3 aromatic carbocycles. The minimum atomic E-state index is -3.57. The Hall–Kier alpha value is -4.05. The van der Waals surface area contributed by atoms with Crippen LogP contribution in [0.25, 0.3) is 10.8 Å². The fraction of sp³-hybridized carbons (Fsp3) is 0.333. The van der Waals surface area contributed by atoms with Crippen LogP contribution in [0.1, 0.15) is 30.9 Å². The molecule has 0 aliphatic heterocycles. The molecule has 0 saturated heterocycles. The second kappa shape index (κ2) is 14.4. The van der Waals surface area contributed by atoms with Gasteiger partial charge in [0.05, 0.1) is 24.3 Å². The van der Waals surface area contributed by atoms with Crippen LogP contribution < -0.4 is 5.32 Å². The van der Waals surface area contributed by atoms with Crippen molar-refractivity contribution in [3.05, 3.63) is 83.9 Å². The van der Waals surface area contributed by atoms with Gasteiger partial charge in [0, 0.05) is 5.92 Å². The molecule has 1 amide bonds.